The molecule has 1 aromatic rings. The molecule has 0 unspecified atom stereocenters. The minimum atomic E-state index is -1.65. The van der Waals surface area contributed by atoms with Gasteiger partial charge in [-0.05, 0) is 11.6 Å². The lowest BCUT2D eigenvalue weighted by Gasteiger charge is -2.20. The summed E-state index contributed by atoms with van der Waals surface area (Å²) in [4.78, 5) is 47.6. The summed E-state index contributed by atoms with van der Waals surface area (Å²) < 4.78 is 0.173. The monoisotopic (exact) mass is 392 g/mol. The zero-order valence-electron chi connectivity index (χ0n) is 13.3. The predicted molar refractivity (Wildman–Crippen MR) is 97.1 cm³/mol. The Kier molecular flexibility index (Phi) is 6.47. The molecular formula is C16H14N3O5S2-. The molecule has 1 heterocycles. The third kappa shape index (κ3) is 5.14. The molecular weight excluding hydrogens is 378 g/mol. The Morgan fingerprint density at radius 2 is 1.96 bits per heavy atom. The zero-order chi connectivity index (χ0) is 19.3. The van der Waals surface area contributed by atoms with Crippen molar-refractivity contribution in [3.05, 3.63) is 40.8 Å². The summed E-state index contributed by atoms with van der Waals surface area (Å²) in [6.45, 7) is -0.473. The summed E-state index contributed by atoms with van der Waals surface area (Å²) in [7, 11) is 0. The van der Waals surface area contributed by atoms with Crippen LogP contribution >= 0.6 is 24.0 Å². The summed E-state index contributed by atoms with van der Waals surface area (Å²) in [5, 5.41) is 13.0. The van der Waals surface area contributed by atoms with E-state index in [1.54, 1.807) is 6.08 Å². The van der Waals surface area contributed by atoms with Gasteiger partial charge in [0.25, 0.3) is 5.91 Å². The van der Waals surface area contributed by atoms with Crippen molar-refractivity contribution in [1.82, 2.24) is 10.2 Å². The van der Waals surface area contributed by atoms with Gasteiger partial charge in [-0.3, -0.25) is 19.3 Å². The molecule has 0 spiro atoms. The maximum Gasteiger partial charge on any atom is 0.266 e. The van der Waals surface area contributed by atoms with Crippen molar-refractivity contribution in [1.29, 1.82) is 0 Å². The van der Waals surface area contributed by atoms with Crippen LogP contribution in [0.15, 0.2) is 35.2 Å². The topological polar surface area (TPSA) is 133 Å². The molecule has 1 aromatic carbocycles. The van der Waals surface area contributed by atoms with Gasteiger partial charge in [-0.2, -0.15) is 0 Å². The molecule has 8 nitrogen and oxygen atoms in total. The summed E-state index contributed by atoms with van der Waals surface area (Å²) in [5.74, 6) is -3.81. The predicted octanol–water partition coefficient (Wildman–Crippen LogP) is -1.00. The largest absolute Gasteiger partial charge is 0.548 e. The number of rotatable bonds is 7. The van der Waals surface area contributed by atoms with Crippen LogP contribution in [-0.2, 0) is 19.2 Å². The normalized spacial score (nSPS) is 16.6. The van der Waals surface area contributed by atoms with Gasteiger partial charge in [-0.15, -0.1) is 0 Å². The van der Waals surface area contributed by atoms with Crippen LogP contribution in [0.25, 0.3) is 6.08 Å². The lowest BCUT2D eigenvalue weighted by molar-refractivity contribution is -0.308. The summed E-state index contributed by atoms with van der Waals surface area (Å²) in [6, 6.07) is 7.53. The fraction of sp³-hybridized carbons (Fsp3) is 0.188. The number of thioether (sulfide) groups is 1. The Labute approximate surface area is 158 Å². The maximum atomic E-state index is 12.4. The van der Waals surface area contributed by atoms with Crippen LogP contribution in [-0.4, -0.2) is 45.5 Å². The number of nitrogens with one attached hydrogen (secondary N) is 1. The smallest absolute Gasteiger partial charge is 0.266 e. The molecule has 1 saturated heterocycles. The Morgan fingerprint density at radius 3 is 2.54 bits per heavy atom. The van der Waals surface area contributed by atoms with E-state index in [0.717, 1.165) is 22.2 Å². The molecule has 10 heteroatoms. The van der Waals surface area contributed by atoms with Gasteiger partial charge in [0.05, 0.1) is 23.3 Å². The number of nitrogens with two attached hydrogens (primary N) is 1. The second-order valence-corrected chi connectivity index (χ2v) is 6.96. The van der Waals surface area contributed by atoms with Gasteiger partial charge < -0.3 is 21.0 Å². The highest BCUT2D eigenvalue weighted by atomic mass is 32.2. The second kappa shape index (κ2) is 8.59. The van der Waals surface area contributed by atoms with Crippen molar-refractivity contribution in [2.45, 2.75) is 12.5 Å². The number of hydrogen-bond donors (Lipinski definition) is 2. The number of thiocarbonyl (C=S) groups is 1. The van der Waals surface area contributed by atoms with Crippen molar-refractivity contribution < 1.29 is 24.3 Å². The van der Waals surface area contributed by atoms with Gasteiger partial charge in [0.2, 0.25) is 11.8 Å². The third-order valence-electron chi connectivity index (χ3n) is 3.30. The van der Waals surface area contributed by atoms with Gasteiger partial charge in [0.1, 0.15) is 10.9 Å². The quantitative estimate of drug-likeness (QED) is 0.449. The van der Waals surface area contributed by atoms with E-state index in [1.165, 1.54) is 0 Å². The van der Waals surface area contributed by atoms with Crippen LogP contribution < -0.4 is 16.2 Å². The van der Waals surface area contributed by atoms with E-state index < -0.39 is 42.7 Å². The van der Waals surface area contributed by atoms with Crippen LogP contribution in [0, 0.1) is 0 Å². The Balaban J connectivity index is 2.05. The van der Waals surface area contributed by atoms with E-state index in [2.05, 4.69) is 5.32 Å². The lowest BCUT2D eigenvalue weighted by Crippen LogP contribution is -2.52. The van der Waals surface area contributed by atoms with Gasteiger partial charge in [-0.1, -0.05) is 54.3 Å². The first-order valence-corrected chi connectivity index (χ1v) is 8.59. The van der Waals surface area contributed by atoms with Gasteiger partial charge in [0.15, 0.2) is 0 Å². The number of carbonyl (C=O) groups is 4. The Morgan fingerprint density at radius 1 is 1.31 bits per heavy atom. The fourth-order valence-electron chi connectivity index (χ4n) is 2.11. The van der Waals surface area contributed by atoms with E-state index in [-0.39, 0.29) is 4.32 Å². The van der Waals surface area contributed by atoms with E-state index in [9.17, 15) is 24.3 Å². The van der Waals surface area contributed by atoms with Gasteiger partial charge in [0, 0.05) is 0 Å². The van der Waals surface area contributed by atoms with Crippen molar-refractivity contribution in [2.24, 2.45) is 5.73 Å². The molecule has 0 saturated carbocycles. The van der Waals surface area contributed by atoms with E-state index in [0.29, 0.717) is 4.91 Å². The average molecular weight is 392 g/mol. The fourth-order valence-corrected chi connectivity index (χ4v) is 3.37. The number of hydrogen-bond acceptors (Lipinski definition) is 7. The first kappa shape index (κ1) is 19.6. The molecule has 136 valence electrons. The average Bonchev–Trinajstić information content (AvgIpc) is 2.82. The Bertz CT molecular complexity index is 794. The molecule has 0 radical (unpaired) electrons. The van der Waals surface area contributed by atoms with Crippen LogP contribution in [0.2, 0.25) is 0 Å². The van der Waals surface area contributed by atoms with Crippen LogP contribution in [0.1, 0.15) is 12.0 Å². The highest BCUT2D eigenvalue weighted by Gasteiger charge is 2.33. The molecule has 1 aliphatic rings. The number of benzene rings is 1. The first-order chi connectivity index (χ1) is 12.3. The standard InChI is InChI=1S/C16H15N3O5S2/c17-12(20)7-10(15(23)24)18-13(21)8-19-14(22)11(26-16(19)25)6-9-4-2-1-3-5-9/h1-6,10H,7-8H2,(H2,17,20)(H,18,21)(H,23,24)/p-1/b11-6-/t10-/m1/s1. The molecule has 2 rings (SSSR count). The summed E-state index contributed by atoms with van der Waals surface area (Å²) in [6.07, 6.45) is 1.04. The number of carboxylic acids is 1. The van der Waals surface area contributed by atoms with Crippen LogP contribution in [0.3, 0.4) is 0 Å². The molecule has 0 aromatic heterocycles. The molecule has 3 amide bonds. The van der Waals surface area contributed by atoms with Crippen LogP contribution in [0.4, 0.5) is 0 Å². The molecule has 1 atom stereocenters. The summed E-state index contributed by atoms with van der Waals surface area (Å²) >= 11 is 6.15. The van der Waals surface area contributed by atoms with Gasteiger partial charge >= 0.3 is 0 Å². The maximum absolute atomic E-state index is 12.4. The molecule has 3 N–H and O–H groups in total. The van der Waals surface area contributed by atoms with E-state index >= 15 is 0 Å². The number of aliphatic carboxylic acids is 1. The second-order valence-electron chi connectivity index (χ2n) is 5.29. The molecule has 1 aliphatic heterocycles. The van der Waals surface area contributed by atoms with E-state index in [4.69, 9.17) is 18.0 Å². The minimum Gasteiger partial charge on any atom is -0.548 e. The number of nitrogens with zero attached hydrogens (tertiary/aromatic N) is 1. The zero-order valence-corrected chi connectivity index (χ0v) is 15.0. The van der Waals surface area contributed by atoms with E-state index in [1.807, 2.05) is 30.3 Å². The van der Waals surface area contributed by atoms with Crippen molar-refractivity contribution >= 4 is 58.1 Å². The van der Waals surface area contributed by atoms with Crippen LogP contribution in [0.5, 0.6) is 0 Å². The van der Waals surface area contributed by atoms with Crippen molar-refractivity contribution in [2.75, 3.05) is 6.54 Å². The number of carboxylic acid groups (broad SMARTS) is 1. The van der Waals surface area contributed by atoms with Gasteiger partial charge in [-0.25, -0.2) is 0 Å². The number of amides is 3. The molecule has 1 fully saturated rings. The first-order valence-electron chi connectivity index (χ1n) is 7.37. The highest BCUT2D eigenvalue weighted by Crippen LogP contribution is 2.32. The molecule has 0 aliphatic carbocycles. The third-order valence-corrected chi connectivity index (χ3v) is 4.68. The molecule has 26 heavy (non-hydrogen) atoms. The lowest BCUT2D eigenvalue weighted by atomic mass is 10.2. The Hall–Kier alpha value is -2.72. The van der Waals surface area contributed by atoms with Crippen molar-refractivity contribution in [3.8, 4) is 0 Å². The highest BCUT2D eigenvalue weighted by molar-refractivity contribution is 8.26. The summed E-state index contributed by atoms with van der Waals surface area (Å²) in [5.41, 5.74) is 5.73. The minimum absolute atomic E-state index is 0.173. The number of primary amides is 1. The van der Waals surface area contributed by atoms with Crippen molar-refractivity contribution in [3.63, 3.8) is 0 Å². The number of carbonyl (C=O) groups excluding carboxylic acids is 4. The molecule has 0 bridgehead atoms. The SMILES string of the molecule is NC(=O)C[C@@H](NC(=O)CN1C(=O)/C(=C/c2ccccc2)SC1=S)C(=O)[O-].